The molecule has 4 rings (SSSR count). The van der Waals surface area contributed by atoms with Crippen LogP contribution in [-0.4, -0.2) is 65.9 Å². The Morgan fingerprint density at radius 2 is 1.62 bits per heavy atom. The molecular formula is C19H25ClN4O2. The summed E-state index contributed by atoms with van der Waals surface area (Å²) in [5, 5.41) is 4.34. The first-order valence-electron chi connectivity index (χ1n) is 9.09. The minimum atomic E-state index is 0. The summed E-state index contributed by atoms with van der Waals surface area (Å²) in [5.41, 5.74) is 1.60. The van der Waals surface area contributed by atoms with E-state index in [9.17, 15) is 9.59 Å². The number of nitrogens with zero attached hydrogens (tertiary/aromatic N) is 2. The molecule has 7 heteroatoms. The minimum absolute atomic E-state index is 0. The van der Waals surface area contributed by atoms with E-state index in [4.69, 9.17) is 0 Å². The molecule has 6 nitrogen and oxygen atoms in total. The average Bonchev–Trinajstić information content (AvgIpc) is 3.12. The lowest BCUT2D eigenvalue weighted by Crippen LogP contribution is -2.52. The molecular weight excluding hydrogens is 352 g/mol. The summed E-state index contributed by atoms with van der Waals surface area (Å²) in [4.78, 5) is 32.3. The Balaban J connectivity index is 0.00000196. The largest absolute Gasteiger partial charge is 0.351 e. The number of amides is 2. The highest BCUT2D eigenvalue weighted by Crippen LogP contribution is 2.19. The summed E-state index contributed by atoms with van der Waals surface area (Å²) in [5.74, 6) is 0.432. The maximum Gasteiger partial charge on any atom is 0.270 e. The van der Waals surface area contributed by atoms with Crippen molar-refractivity contribution in [2.24, 2.45) is 5.92 Å². The predicted octanol–water partition coefficient (Wildman–Crippen LogP) is 1.87. The number of hydrogen-bond donors (Lipinski definition) is 2. The number of para-hydroxylation sites is 1. The standard InChI is InChI=1S/C19H24N4O2.ClH/c24-18(14-5-7-20-8-6-14)22-9-11-23(12-10-22)19(25)17-13-15-3-1-2-4-16(15)21-17;/h1-4,13-14,20-21H,5-12H2;1H. The summed E-state index contributed by atoms with van der Waals surface area (Å²) in [6.07, 6.45) is 1.85. The SMILES string of the molecule is Cl.O=C(c1cc2ccccc2[nH]1)N1CCN(C(=O)C2CCNCC2)CC1. The molecule has 0 unspecified atom stereocenters. The Labute approximate surface area is 159 Å². The summed E-state index contributed by atoms with van der Waals surface area (Å²) >= 11 is 0. The van der Waals surface area contributed by atoms with Crippen molar-refractivity contribution in [1.29, 1.82) is 0 Å². The van der Waals surface area contributed by atoms with Gasteiger partial charge in [-0.05, 0) is 38.1 Å². The Hall–Kier alpha value is -2.05. The predicted molar refractivity (Wildman–Crippen MR) is 104 cm³/mol. The van der Waals surface area contributed by atoms with E-state index in [-0.39, 0.29) is 30.1 Å². The van der Waals surface area contributed by atoms with E-state index in [0.717, 1.165) is 36.8 Å². The molecule has 2 amide bonds. The Morgan fingerprint density at radius 3 is 2.31 bits per heavy atom. The number of aromatic amines is 1. The molecule has 0 radical (unpaired) electrons. The number of piperazine rings is 1. The number of benzene rings is 1. The van der Waals surface area contributed by atoms with Gasteiger partial charge in [0, 0.05) is 43.0 Å². The van der Waals surface area contributed by atoms with Gasteiger partial charge in [-0.25, -0.2) is 0 Å². The molecule has 0 saturated carbocycles. The monoisotopic (exact) mass is 376 g/mol. The number of nitrogens with one attached hydrogen (secondary N) is 2. The molecule has 2 saturated heterocycles. The maximum absolute atomic E-state index is 12.7. The molecule has 2 aliphatic heterocycles. The molecule has 2 N–H and O–H groups in total. The van der Waals surface area contributed by atoms with Crippen LogP contribution in [0, 0.1) is 5.92 Å². The molecule has 2 aromatic rings. The summed E-state index contributed by atoms with van der Waals surface area (Å²) in [6.45, 7) is 4.32. The second-order valence-electron chi connectivity index (χ2n) is 6.91. The topological polar surface area (TPSA) is 68.4 Å². The number of halogens is 1. The normalized spacial score (nSPS) is 18.6. The van der Waals surface area contributed by atoms with Gasteiger partial charge in [0.1, 0.15) is 5.69 Å². The van der Waals surface area contributed by atoms with Crippen molar-refractivity contribution in [2.75, 3.05) is 39.3 Å². The molecule has 3 heterocycles. The highest BCUT2D eigenvalue weighted by molar-refractivity contribution is 5.98. The maximum atomic E-state index is 12.7. The number of fused-ring (bicyclic) bond motifs is 1. The van der Waals surface area contributed by atoms with E-state index < -0.39 is 0 Å². The van der Waals surface area contributed by atoms with Gasteiger partial charge in [-0.15, -0.1) is 12.4 Å². The van der Waals surface area contributed by atoms with Crippen LogP contribution in [0.25, 0.3) is 10.9 Å². The summed E-state index contributed by atoms with van der Waals surface area (Å²) < 4.78 is 0. The third-order valence-corrected chi connectivity index (χ3v) is 5.33. The molecule has 0 spiro atoms. The fraction of sp³-hybridized carbons (Fsp3) is 0.474. The smallest absolute Gasteiger partial charge is 0.270 e. The van der Waals surface area contributed by atoms with Gasteiger partial charge in [-0.1, -0.05) is 18.2 Å². The van der Waals surface area contributed by atoms with Crippen molar-refractivity contribution in [3.05, 3.63) is 36.0 Å². The first-order chi connectivity index (χ1) is 12.2. The first kappa shape index (κ1) is 18.7. The number of H-pyrrole nitrogens is 1. The number of piperidine rings is 1. The lowest BCUT2D eigenvalue weighted by molar-refractivity contribution is -0.137. The molecule has 26 heavy (non-hydrogen) atoms. The van der Waals surface area contributed by atoms with Gasteiger partial charge >= 0.3 is 0 Å². The number of aromatic nitrogens is 1. The van der Waals surface area contributed by atoms with E-state index in [0.29, 0.717) is 31.9 Å². The number of carbonyl (C=O) groups excluding carboxylic acids is 2. The summed E-state index contributed by atoms with van der Waals surface area (Å²) in [7, 11) is 0. The van der Waals surface area contributed by atoms with E-state index >= 15 is 0 Å². The molecule has 2 aliphatic rings. The van der Waals surface area contributed by atoms with Crippen molar-refractivity contribution in [2.45, 2.75) is 12.8 Å². The van der Waals surface area contributed by atoms with Crippen LogP contribution >= 0.6 is 12.4 Å². The van der Waals surface area contributed by atoms with Gasteiger partial charge in [0.25, 0.3) is 5.91 Å². The van der Waals surface area contributed by atoms with Crippen LogP contribution < -0.4 is 5.32 Å². The quantitative estimate of drug-likeness (QED) is 0.840. The molecule has 1 aromatic carbocycles. The fourth-order valence-electron chi connectivity index (χ4n) is 3.82. The third kappa shape index (κ3) is 3.71. The highest BCUT2D eigenvalue weighted by atomic mass is 35.5. The number of carbonyl (C=O) groups is 2. The molecule has 0 bridgehead atoms. The highest BCUT2D eigenvalue weighted by Gasteiger charge is 2.30. The molecule has 1 aromatic heterocycles. The van der Waals surface area contributed by atoms with Crippen LogP contribution in [-0.2, 0) is 4.79 Å². The van der Waals surface area contributed by atoms with Crippen LogP contribution in [0.5, 0.6) is 0 Å². The molecule has 0 aliphatic carbocycles. The van der Waals surface area contributed by atoms with Crippen molar-refractivity contribution >= 4 is 35.1 Å². The Morgan fingerprint density at radius 1 is 0.962 bits per heavy atom. The molecule has 0 atom stereocenters. The van der Waals surface area contributed by atoms with Gasteiger partial charge < -0.3 is 20.1 Å². The lowest BCUT2D eigenvalue weighted by atomic mass is 9.96. The first-order valence-corrected chi connectivity index (χ1v) is 9.09. The van der Waals surface area contributed by atoms with E-state index in [2.05, 4.69) is 10.3 Å². The Kier molecular flexibility index (Phi) is 5.84. The fourth-order valence-corrected chi connectivity index (χ4v) is 3.82. The van der Waals surface area contributed by atoms with Crippen molar-refractivity contribution in [3.63, 3.8) is 0 Å². The van der Waals surface area contributed by atoms with Crippen molar-refractivity contribution < 1.29 is 9.59 Å². The van der Waals surface area contributed by atoms with Crippen LogP contribution in [0.2, 0.25) is 0 Å². The second-order valence-corrected chi connectivity index (χ2v) is 6.91. The third-order valence-electron chi connectivity index (χ3n) is 5.33. The van der Waals surface area contributed by atoms with Crippen molar-refractivity contribution in [1.82, 2.24) is 20.1 Å². The molecule has 2 fully saturated rings. The van der Waals surface area contributed by atoms with Gasteiger partial charge in [0.05, 0.1) is 0 Å². The van der Waals surface area contributed by atoms with Crippen LogP contribution in [0.1, 0.15) is 23.3 Å². The zero-order valence-corrected chi connectivity index (χ0v) is 15.6. The minimum Gasteiger partial charge on any atom is -0.351 e. The van der Waals surface area contributed by atoms with E-state index in [1.807, 2.05) is 40.1 Å². The number of hydrogen-bond acceptors (Lipinski definition) is 3. The van der Waals surface area contributed by atoms with E-state index in [1.165, 1.54) is 0 Å². The summed E-state index contributed by atoms with van der Waals surface area (Å²) in [6, 6.07) is 9.80. The van der Waals surface area contributed by atoms with Crippen molar-refractivity contribution in [3.8, 4) is 0 Å². The molecule has 140 valence electrons. The van der Waals surface area contributed by atoms with Gasteiger partial charge in [0.15, 0.2) is 0 Å². The van der Waals surface area contributed by atoms with Crippen LogP contribution in [0.15, 0.2) is 30.3 Å². The van der Waals surface area contributed by atoms with Gasteiger partial charge in [-0.3, -0.25) is 9.59 Å². The zero-order chi connectivity index (χ0) is 17.2. The van der Waals surface area contributed by atoms with E-state index in [1.54, 1.807) is 0 Å². The second kappa shape index (κ2) is 8.10. The van der Waals surface area contributed by atoms with Crippen LogP contribution in [0.3, 0.4) is 0 Å². The Bertz CT molecular complexity index is 744. The van der Waals surface area contributed by atoms with Gasteiger partial charge in [-0.2, -0.15) is 0 Å². The van der Waals surface area contributed by atoms with Crippen LogP contribution in [0.4, 0.5) is 0 Å². The lowest BCUT2D eigenvalue weighted by Gasteiger charge is -2.37. The average molecular weight is 377 g/mol. The zero-order valence-electron chi connectivity index (χ0n) is 14.7. The van der Waals surface area contributed by atoms with Gasteiger partial charge in [0.2, 0.25) is 5.91 Å². The number of rotatable bonds is 2.